The van der Waals surface area contributed by atoms with Crippen molar-refractivity contribution in [1.82, 2.24) is 5.32 Å². The van der Waals surface area contributed by atoms with Crippen LogP contribution in [0.25, 0.3) is 0 Å². The normalized spacial score (nSPS) is 11.9. The van der Waals surface area contributed by atoms with Gasteiger partial charge in [-0.25, -0.2) is 0 Å². The third-order valence-electron chi connectivity index (χ3n) is 3.05. The summed E-state index contributed by atoms with van der Waals surface area (Å²) < 4.78 is 0.646. The summed E-state index contributed by atoms with van der Waals surface area (Å²) >= 11 is 5.86. The number of nitrogens with zero attached hydrogens (tertiary/aromatic N) is 1. The second kappa shape index (κ2) is 6.39. The fourth-order valence-electron chi connectivity index (χ4n) is 1.92. The van der Waals surface area contributed by atoms with Crippen LogP contribution in [0.5, 0.6) is 0 Å². The van der Waals surface area contributed by atoms with Crippen LogP contribution in [0, 0.1) is 5.21 Å². The molecule has 4 nitrogen and oxygen atoms in total. The molecule has 1 N–H and O–H groups in total. The highest BCUT2D eigenvalue weighted by Gasteiger charge is 2.14. The van der Waals surface area contributed by atoms with Gasteiger partial charge in [-0.15, -0.1) is 0 Å². The molecule has 0 aliphatic carbocycles. The number of aromatic nitrogens is 1. The molecule has 20 heavy (non-hydrogen) atoms. The molecule has 1 atom stereocenters. The van der Waals surface area contributed by atoms with Gasteiger partial charge in [-0.3, -0.25) is 4.79 Å². The van der Waals surface area contributed by atoms with E-state index in [9.17, 15) is 10.0 Å². The van der Waals surface area contributed by atoms with Crippen LogP contribution in [0.2, 0.25) is 5.02 Å². The van der Waals surface area contributed by atoms with E-state index in [1.54, 1.807) is 12.1 Å². The Morgan fingerprint density at radius 3 is 2.40 bits per heavy atom. The Morgan fingerprint density at radius 2 is 1.85 bits per heavy atom. The first-order valence-corrected chi connectivity index (χ1v) is 6.73. The molecule has 0 saturated carbocycles. The average Bonchev–Trinajstić information content (AvgIpc) is 2.46. The minimum atomic E-state index is -0.201. The SMILES string of the molecule is CCC(NC(=O)c1cc[n+]([O-])cc1)c1ccc(Cl)cc1. The molecule has 0 bridgehead atoms. The molecular formula is C15H15ClN2O2. The highest BCUT2D eigenvalue weighted by Crippen LogP contribution is 2.19. The van der Waals surface area contributed by atoms with Gasteiger partial charge < -0.3 is 10.5 Å². The molecule has 0 radical (unpaired) electrons. The van der Waals surface area contributed by atoms with E-state index >= 15 is 0 Å². The van der Waals surface area contributed by atoms with E-state index in [2.05, 4.69) is 5.32 Å². The standard InChI is InChI=1S/C15H15ClN2O2/c1-2-14(11-3-5-13(16)6-4-11)17-15(19)12-7-9-18(20)10-8-12/h3-10,14H,2H2,1H3,(H,17,19). The van der Waals surface area contributed by atoms with E-state index in [1.165, 1.54) is 24.5 Å². The van der Waals surface area contributed by atoms with E-state index < -0.39 is 0 Å². The van der Waals surface area contributed by atoms with Crippen molar-refractivity contribution in [2.45, 2.75) is 19.4 Å². The number of nitrogens with one attached hydrogen (secondary N) is 1. The van der Waals surface area contributed by atoms with Crippen LogP contribution in [0.15, 0.2) is 48.8 Å². The number of carbonyl (C=O) groups excluding carboxylic acids is 1. The number of rotatable bonds is 4. The van der Waals surface area contributed by atoms with Crippen molar-refractivity contribution < 1.29 is 9.52 Å². The number of amides is 1. The van der Waals surface area contributed by atoms with Crippen LogP contribution in [0.4, 0.5) is 0 Å². The average molecular weight is 291 g/mol. The summed E-state index contributed by atoms with van der Waals surface area (Å²) in [6.45, 7) is 2.00. The molecule has 5 heteroatoms. The van der Waals surface area contributed by atoms with Crippen LogP contribution in [0.3, 0.4) is 0 Å². The second-order valence-corrected chi connectivity index (χ2v) is 4.87. The lowest BCUT2D eigenvalue weighted by Gasteiger charge is -2.17. The summed E-state index contributed by atoms with van der Waals surface area (Å²) in [5.74, 6) is -0.201. The van der Waals surface area contributed by atoms with Gasteiger partial charge in [0.25, 0.3) is 5.91 Å². The van der Waals surface area contributed by atoms with E-state index in [0.717, 1.165) is 12.0 Å². The Bertz CT molecular complexity index is 582. The predicted molar refractivity (Wildman–Crippen MR) is 77.4 cm³/mol. The first-order valence-electron chi connectivity index (χ1n) is 6.35. The van der Waals surface area contributed by atoms with E-state index in [4.69, 9.17) is 11.6 Å². The summed E-state index contributed by atoms with van der Waals surface area (Å²) in [6.07, 6.45) is 3.37. The van der Waals surface area contributed by atoms with E-state index in [-0.39, 0.29) is 11.9 Å². The van der Waals surface area contributed by atoms with Gasteiger partial charge in [0.05, 0.1) is 11.6 Å². The van der Waals surface area contributed by atoms with Crippen molar-refractivity contribution >= 4 is 17.5 Å². The van der Waals surface area contributed by atoms with Gasteiger partial charge in [-0.05, 0) is 24.1 Å². The van der Waals surface area contributed by atoms with Crippen molar-refractivity contribution in [3.63, 3.8) is 0 Å². The molecule has 0 aliphatic heterocycles. The van der Waals surface area contributed by atoms with Gasteiger partial charge in [0.2, 0.25) is 0 Å². The highest BCUT2D eigenvalue weighted by molar-refractivity contribution is 6.30. The zero-order chi connectivity index (χ0) is 14.5. The first kappa shape index (κ1) is 14.3. The summed E-state index contributed by atoms with van der Waals surface area (Å²) in [5.41, 5.74) is 1.46. The minimum Gasteiger partial charge on any atom is -0.619 e. The summed E-state index contributed by atoms with van der Waals surface area (Å²) in [4.78, 5) is 12.1. The van der Waals surface area contributed by atoms with E-state index in [0.29, 0.717) is 15.3 Å². The zero-order valence-corrected chi connectivity index (χ0v) is 11.8. The third kappa shape index (κ3) is 3.48. The number of carbonyl (C=O) groups is 1. The molecule has 1 aromatic carbocycles. The Morgan fingerprint density at radius 1 is 1.25 bits per heavy atom. The molecule has 0 saturated heterocycles. The second-order valence-electron chi connectivity index (χ2n) is 4.43. The molecule has 0 aliphatic rings. The maximum absolute atomic E-state index is 12.1. The van der Waals surface area contributed by atoms with Crippen molar-refractivity contribution in [2.24, 2.45) is 0 Å². The number of halogens is 1. The molecule has 0 fully saturated rings. The molecule has 1 aromatic heterocycles. The topological polar surface area (TPSA) is 56.0 Å². The van der Waals surface area contributed by atoms with Gasteiger partial charge in [0.1, 0.15) is 0 Å². The first-order chi connectivity index (χ1) is 9.60. The van der Waals surface area contributed by atoms with Crippen LogP contribution < -0.4 is 10.0 Å². The number of benzene rings is 1. The smallest absolute Gasteiger partial charge is 0.252 e. The van der Waals surface area contributed by atoms with Crippen molar-refractivity contribution in [2.75, 3.05) is 0 Å². The van der Waals surface area contributed by atoms with Gasteiger partial charge in [0.15, 0.2) is 12.4 Å². The molecule has 0 spiro atoms. The van der Waals surface area contributed by atoms with Crippen molar-refractivity contribution in [1.29, 1.82) is 0 Å². The molecule has 2 aromatic rings. The predicted octanol–water partition coefficient (Wildman–Crippen LogP) is 2.85. The maximum Gasteiger partial charge on any atom is 0.252 e. The third-order valence-corrected chi connectivity index (χ3v) is 3.30. The van der Waals surface area contributed by atoms with Crippen LogP contribution in [0.1, 0.15) is 35.3 Å². The fourth-order valence-corrected chi connectivity index (χ4v) is 2.05. The summed E-state index contributed by atoms with van der Waals surface area (Å²) in [5, 5.41) is 14.6. The lowest BCUT2D eigenvalue weighted by atomic mass is 10.0. The Balaban J connectivity index is 2.11. The summed E-state index contributed by atoms with van der Waals surface area (Å²) in [7, 11) is 0. The molecule has 1 heterocycles. The monoisotopic (exact) mass is 290 g/mol. The van der Waals surface area contributed by atoms with Gasteiger partial charge >= 0.3 is 0 Å². The van der Waals surface area contributed by atoms with Crippen molar-refractivity contribution in [3.05, 3.63) is 70.1 Å². The zero-order valence-electron chi connectivity index (χ0n) is 11.0. The highest BCUT2D eigenvalue weighted by atomic mass is 35.5. The van der Waals surface area contributed by atoms with Crippen LogP contribution in [-0.4, -0.2) is 5.91 Å². The Labute approximate surface area is 122 Å². The minimum absolute atomic E-state index is 0.0839. The lowest BCUT2D eigenvalue weighted by Crippen LogP contribution is -2.30. The molecule has 1 unspecified atom stereocenters. The molecular weight excluding hydrogens is 276 g/mol. The van der Waals surface area contributed by atoms with Crippen LogP contribution >= 0.6 is 11.6 Å². The van der Waals surface area contributed by atoms with Gasteiger partial charge in [-0.2, -0.15) is 4.73 Å². The molecule has 1 amide bonds. The van der Waals surface area contributed by atoms with E-state index in [1.807, 2.05) is 19.1 Å². The quantitative estimate of drug-likeness (QED) is 0.695. The lowest BCUT2D eigenvalue weighted by molar-refractivity contribution is -0.605. The van der Waals surface area contributed by atoms with Gasteiger partial charge in [0, 0.05) is 17.2 Å². The number of hydrogen-bond donors (Lipinski definition) is 1. The Hall–Kier alpha value is -2.07. The number of pyridine rings is 1. The summed E-state index contributed by atoms with van der Waals surface area (Å²) in [6, 6.07) is 10.3. The molecule has 104 valence electrons. The van der Waals surface area contributed by atoms with Crippen molar-refractivity contribution in [3.8, 4) is 0 Å². The fraction of sp³-hybridized carbons (Fsp3) is 0.200. The molecule has 2 rings (SSSR count). The number of hydrogen-bond acceptors (Lipinski definition) is 2. The largest absolute Gasteiger partial charge is 0.619 e. The van der Waals surface area contributed by atoms with Gasteiger partial charge in [-0.1, -0.05) is 30.7 Å². The maximum atomic E-state index is 12.1. The Kier molecular flexibility index (Phi) is 4.58. The van der Waals surface area contributed by atoms with Crippen LogP contribution in [-0.2, 0) is 0 Å².